The molecule has 3 aromatic carbocycles. The van der Waals surface area contributed by atoms with Gasteiger partial charge >= 0.3 is 5.97 Å². The molecule has 3 rings (SSSR count). The van der Waals surface area contributed by atoms with Gasteiger partial charge in [-0.1, -0.05) is 48.5 Å². The zero-order valence-electron chi connectivity index (χ0n) is 17.6. The Kier molecular flexibility index (Phi) is 7.17. The Morgan fingerprint density at radius 3 is 2.41 bits per heavy atom. The van der Waals surface area contributed by atoms with Gasteiger partial charge in [-0.15, -0.1) is 0 Å². The summed E-state index contributed by atoms with van der Waals surface area (Å²) in [6.45, 7) is 1.43. The van der Waals surface area contributed by atoms with Crippen molar-refractivity contribution in [2.45, 2.75) is 19.4 Å². The van der Waals surface area contributed by atoms with Gasteiger partial charge in [-0.05, 0) is 36.6 Å². The number of benzene rings is 3. The minimum atomic E-state index is -1.14. The van der Waals surface area contributed by atoms with Crippen LogP contribution in [0, 0.1) is 10.1 Å². The zero-order valence-corrected chi connectivity index (χ0v) is 17.6. The molecule has 8 heteroatoms. The van der Waals surface area contributed by atoms with Gasteiger partial charge < -0.3 is 14.8 Å². The Morgan fingerprint density at radius 2 is 1.72 bits per heavy atom. The molecular formula is C24H22N2O6. The van der Waals surface area contributed by atoms with Crippen LogP contribution in [-0.4, -0.2) is 30.0 Å². The van der Waals surface area contributed by atoms with Gasteiger partial charge in [-0.25, -0.2) is 4.79 Å². The van der Waals surface area contributed by atoms with E-state index in [0.717, 1.165) is 11.1 Å². The van der Waals surface area contributed by atoms with E-state index in [9.17, 15) is 19.7 Å². The molecule has 1 N–H and O–H groups in total. The first-order valence-corrected chi connectivity index (χ1v) is 9.85. The molecule has 1 atom stereocenters. The lowest BCUT2D eigenvalue weighted by atomic mass is 10.00. The number of hydrogen-bond acceptors (Lipinski definition) is 6. The third kappa shape index (κ3) is 5.48. The van der Waals surface area contributed by atoms with Gasteiger partial charge in [0, 0.05) is 12.1 Å². The van der Waals surface area contributed by atoms with Gasteiger partial charge in [0.25, 0.3) is 11.6 Å². The van der Waals surface area contributed by atoms with Crippen LogP contribution in [0.15, 0.2) is 72.8 Å². The fourth-order valence-corrected chi connectivity index (χ4v) is 3.11. The normalized spacial score (nSPS) is 11.3. The number of nitro groups is 1. The molecule has 1 unspecified atom stereocenters. The number of hydrogen-bond donors (Lipinski definition) is 1. The van der Waals surface area contributed by atoms with Gasteiger partial charge in [-0.3, -0.25) is 14.9 Å². The number of carbonyl (C=O) groups excluding carboxylic acids is 2. The number of nitro benzene ring substituents is 1. The smallest absolute Gasteiger partial charge is 0.339 e. The van der Waals surface area contributed by atoms with Crippen LogP contribution in [0.4, 0.5) is 11.4 Å². The largest absolute Gasteiger partial charge is 0.495 e. The van der Waals surface area contributed by atoms with E-state index in [2.05, 4.69) is 5.32 Å². The Morgan fingerprint density at radius 1 is 1.03 bits per heavy atom. The number of ether oxygens (including phenoxy) is 2. The molecule has 0 aliphatic rings. The lowest BCUT2D eigenvalue weighted by molar-refractivity contribution is -0.384. The molecule has 0 aliphatic heterocycles. The monoisotopic (exact) mass is 434 g/mol. The molecule has 1 amide bonds. The summed E-state index contributed by atoms with van der Waals surface area (Å²) >= 11 is 0. The summed E-state index contributed by atoms with van der Waals surface area (Å²) in [5.41, 5.74) is 2.08. The van der Waals surface area contributed by atoms with Crippen LogP contribution in [0.3, 0.4) is 0 Å². The average Bonchev–Trinajstić information content (AvgIpc) is 2.79. The van der Waals surface area contributed by atoms with Crippen molar-refractivity contribution in [2.24, 2.45) is 0 Å². The van der Waals surface area contributed by atoms with Crippen molar-refractivity contribution in [2.75, 3.05) is 12.4 Å². The van der Waals surface area contributed by atoms with Gasteiger partial charge in [0.05, 0.1) is 23.3 Å². The molecule has 0 spiro atoms. The average molecular weight is 434 g/mol. The number of nitrogens with zero attached hydrogens (tertiary/aromatic N) is 1. The van der Waals surface area contributed by atoms with E-state index in [4.69, 9.17) is 9.47 Å². The SMILES string of the molecule is COc1ccc([N+](=O)[O-])cc1NC(=O)C(C)OC(=O)c1ccccc1Cc1ccccc1. The summed E-state index contributed by atoms with van der Waals surface area (Å²) < 4.78 is 10.5. The van der Waals surface area contributed by atoms with Crippen molar-refractivity contribution in [3.05, 3.63) is 99.6 Å². The van der Waals surface area contributed by atoms with Crippen molar-refractivity contribution < 1.29 is 24.0 Å². The minimum Gasteiger partial charge on any atom is -0.495 e. The third-order valence-electron chi connectivity index (χ3n) is 4.78. The molecule has 32 heavy (non-hydrogen) atoms. The second-order valence-electron chi connectivity index (χ2n) is 7.00. The first kappa shape index (κ1) is 22.5. The minimum absolute atomic E-state index is 0.110. The highest BCUT2D eigenvalue weighted by atomic mass is 16.6. The molecule has 0 aliphatic carbocycles. The zero-order chi connectivity index (χ0) is 23.1. The summed E-state index contributed by atoms with van der Waals surface area (Å²) in [4.78, 5) is 35.8. The molecule has 0 saturated heterocycles. The summed E-state index contributed by atoms with van der Waals surface area (Å²) in [6, 6.07) is 20.6. The fraction of sp³-hybridized carbons (Fsp3) is 0.167. The van der Waals surface area contributed by atoms with Gasteiger partial charge in [0.1, 0.15) is 5.75 Å². The molecule has 0 fully saturated rings. The maximum absolute atomic E-state index is 12.8. The Balaban J connectivity index is 1.72. The number of amides is 1. The summed E-state index contributed by atoms with van der Waals surface area (Å²) in [7, 11) is 1.38. The third-order valence-corrected chi connectivity index (χ3v) is 4.78. The Hall–Kier alpha value is -4.20. The Bertz CT molecular complexity index is 1130. The number of rotatable bonds is 8. The molecule has 8 nitrogen and oxygen atoms in total. The van der Waals surface area contributed by atoms with E-state index in [1.165, 1.54) is 32.2 Å². The van der Waals surface area contributed by atoms with E-state index >= 15 is 0 Å². The fourth-order valence-electron chi connectivity index (χ4n) is 3.11. The summed E-state index contributed by atoms with van der Waals surface area (Å²) in [6.07, 6.45) is -0.603. The first-order valence-electron chi connectivity index (χ1n) is 9.85. The van der Waals surface area contributed by atoms with E-state index < -0.39 is 22.9 Å². The van der Waals surface area contributed by atoms with Crippen LogP contribution >= 0.6 is 0 Å². The molecule has 0 aromatic heterocycles. The van der Waals surface area contributed by atoms with Crippen LogP contribution < -0.4 is 10.1 Å². The lowest BCUT2D eigenvalue weighted by Crippen LogP contribution is -2.30. The molecule has 0 radical (unpaired) electrons. The van der Waals surface area contributed by atoms with E-state index in [-0.39, 0.29) is 17.1 Å². The lowest BCUT2D eigenvalue weighted by Gasteiger charge is -2.16. The molecule has 0 bridgehead atoms. The van der Waals surface area contributed by atoms with Crippen LogP contribution in [0.5, 0.6) is 5.75 Å². The molecule has 0 saturated carbocycles. The number of nitrogens with one attached hydrogen (secondary N) is 1. The number of non-ortho nitro benzene ring substituents is 1. The van der Waals surface area contributed by atoms with Crippen molar-refractivity contribution in [1.29, 1.82) is 0 Å². The topological polar surface area (TPSA) is 108 Å². The van der Waals surface area contributed by atoms with Crippen molar-refractivity contribution in [3.63, 3.8) is 0 Å². The predicted molar refractivity (Wildman–Crippen MR) is 119 cm³/mol. The standard InChI is InChI=1S/C24H22N2O6/c1-16(23(27)25-21-15-19(26(29)30)12-13-22(21)31-2)32-24(28)20-11-7-6-10-18(20)14-17-8-4-3-5-9-17/h3-13,15-16H,14H2,1-2H3,(H,25,27). The highest BCUT2D eigenvalue weighted by Crippen LogP contribution is 2.29. The maximum Gasteiger partial charge on any atom is 0.339 e. The number of carbonyl (C=O) groups is 2. The summed E-state index contributed by atoms with van der Waals surface area (Å²) in [5.74, 6) is -1.03. The van der Waals surface area contributed by atoms with E-state index in [1.807, 2.05) is 42.5 Å². The predicted octanol–water partition coefficient (Wildman–Crippen LogP) is 4.38. The summed E-state index contributed by atoms with van der Waals surface area (Å²) in [5, 5.41) is 13.5. The molecule has 3 aromatic rings. The van der Waals surface area contributed by atoms with Crippen LogP contribution in [0.2, 0.25) is 0 Å². The van der Waals surface area contributed by atoms with Gasteiger partial charge in [0.2, 0.25) is 0 Å². The first-order chi connectivity index (χ1) is 15.4. The van der Waals surface area contributed by atoms with E-state index in [0.29, 0.717) is 12.0 Å². The Labute approximate surface area is 184 Å². The number of methoxy groups -OCH3 is 1. The van der Waals surface area contributed by atoms with Crippen molar-refractivity contribution in [3.8, 4) is 5.75 Å². The molecule has 0 heterocycles. The van der Waals surface area contributed by atoms with Crippen molar-refractivity contribution >= 4 is 23.3 Å². The highest BCUT2D eigenvalue weighted by Gasteiger charge is 2.22. The molecule has 164 valence electrons. The van der Waals surface area contributed by atoms with Crippen LogP contribution in [-0.2, 0) is 16.0 Å². The number of esters is 1. The number of anilines is 1. The van der Waals surface area contributed by atoms with Crippen molar-refractivity contribution in [1.82, 2.24) is 0 Å². The van der Waals surface area contributed by atoms with E-state index in [1.54, 1.807) is 12.1 Å². The van der Waals surface area contributed by atoms with Gasteiger partial charge in [0.15, 0.2) is 6.10 Å². The highest BCUT2D eigenvalue weighted by molar-refractivity contribution is 5.98. The quantitative estimate of drug-likeness (QED) is 0.320. The second-order valence-corrected chi connectivity index (χ2v) is 7.00. The second kappa shape index (κ2) is 10.2. The van der Waals surface area contributed by atoms with Crippen LogP contribution in [0.1, 0.15) is 28.4 Å². The molecular weight excluding hydrogens is 412 g/mol. The maximum atomic E-state index is 12.8. The van der Waals surface area contributed by atoms with Crippen LogP contribution in [0.25, 0.3) is 0 Å². The van der Waals surface area contributed by atoms with Gasteiger partial charge in [-0.2, -0.15) is 0 Å².